The summed E-state index contributed by atoms with van der Waals surface area (Å²) in [5, 5.41) is 3.07. The van der Waals surface area contributed by atoms with Crippen molar-refractivity contribution in [3.63, 3.8) is 0 Å². The van der Waals surface area contributed by atoms with Crippen LogP contribution < -0.4 is 22.3 Å². The van der Waals surface area contributed by atoms with E-state index in [0.29, 0.717) is 18.8 Å². The molecule has 6 N–H and O–H groups in total. The van der Waals surface area contributed by atoms with Gasteiger partial charge in [0.1, 0.15) is 6.04 Å². The molecular formula is C12H16N6O. The highest BCUT2D eigenvalue weighted by atomic mass is 16.2. The summed E-state index contributed by atoms with van der Waals surface area (Å²) in [5.41, 5.74) is 12.0. The zero-order valence-corrected chi connectivity index (χ0v) is 10.4. The number of hydrogen-bond acceptors (Lipinski definition) is 5. The molecule has 0 saturated carbocycles. The van der Waals surface area contributed by atoms with Crippen molar-refractivity contribution in [1.82, 2.24) is 15.6 Å². The molecule has 0 spiro atoms. The minimum Gasteiger partial charge on any atom is -0.398 e. The van der Waals surface area contributed by atoms with Crippen molar-refractivity contribution < 1.29 is 4.79 Å². The van der Waals surface area contributed by atoms with E-state index < -0.39 is 0 Å². The van der Waals surface area contributed by atoms with E-state index in [4.69, 9.17) is 11.6 Å². The van der Waals surface area contributed by atoms with Gasteiger partial charge in [-0.05, 0) is 17.8 Å². The Balaban J connectivity index is 1.86. The number of likely N-dealkylation sites (tertiary alicyclic amines) is 1. The lowest BCUT2D eigenvalue weighted by atomic mass is 9.98. The normalized spacial score (nSPS) is 26.8. The number of nitrogens with two attached hydrogens (primary N) is 2. The average molecular weight is 260 g/mol. The fourth-order valence-corrected chi connectivity index (χ4v) is 2.38. The number of piperidine rings is 1. The first-order chi connectivity index (χ1) is 9.20. The van der Waals surface area contributed by atoms with E-state index in [1.54, 1.807) is 4.90 Å². The standard InChI is InChI=1S/C12H16N6O/c13-10(7-1-3-15-4-2-7)8-5-18(12(19)17-14)6-9-11(8)16-9/h1-3,9,15H,4-6,13-14H2,(H,17,19)/t9-/m1/s1. The third-order valence-electron chi connectivity index (χ3n) is 3.46. The molecule has 0 aliphatic carbocycles. The van der Waals surface area contributed by atoms with E-state index >= 15 is 0 Å². The monoisotopic (exact) mass is 260 g/mol. The molecule has 3 rings (SSSR count). The average Bonchev–Trinajstić information content (AvgIpc) is 3.24. The summed E-state index contributed by atoms with van der Waals surface area (Å²) < 4.78 is 0. The van der Waals surface area contributed by atoms with Gasteiger partial charge in [0.25, 0.3) is 0 Å². The lowest BCUT2D eigenvalue weighted by molar-refractivity contribution is 0.202. The Hall–Kier alpha value is -2.28. The first-order valence-corrected chi connectivity index (χ1v) is 6.13. The maximum absolute atomic E-state index is 11.6. The SMILES string of the molecule is NNC(=O)N1CC(=C(N)C2=CCNC=C2)C2=N[C@@H]2C1. The highest BCUT2D eigenvalue weighted by molar-refractivity contribution is 6.15. The van der Waals surface area contributed by atoms with Gasteiger partial charge in [-0.15, -0.1) is 0 Å². The van der Waals surface area contributed by atoms with Gasteiger partial charge in [0.2, 0.25) is 0 Å². The van der Waals surface area contributed by atoms with Gasteiger partial charge in [0.05, 0.1) is 18.8 Å². The first-order valence-electron chi connectivity index (χ1n) is 6.13. The van der Waals surface area contributed by atoms with Crippen LogP contribution in [0.15, 0.2) is 40.2 Å². The van der Waals surface area contributed by atoms with Crippen molar-refractivity contribution in [1.29, 1.82) is 0 Å². The number of nitrogens with zero attached hydrogens (tertiary/aromatic N) is 2. The van der Waals surface area contributed by atoms with Gasteiger partial charge in [-0.25, -0.2) is 10.6 Å². The number of carbonyl (C=O) groups excluding carboxylic acids is 1. The molecule has 7 nitrogen and oxygen atoms in total. The summed E-state index contributed by atoms with van der Waals surface area (Å²) in [4.78, 5) is 17.6. The Morgan fingerprint density at radius 2 is 2.42 bits per heavy atom. The Kier molecular flexibility index (Phi) is 2.75. The van der Waals surface area contributed by atoms with E-state index in [-0.39, 0.29) is 12.1 Å². The number of fused-ring (bicyclic) bond motifs is 1. The van der Waals surface area contributed by atoms with Crippen molar-refractivity contribution in [3.05, 3.63) is 35.2 Å². The molecule has 100 valence electrons. The molecule has 0 aromatic heterocycles. The number of nitrogens with one attached hydrogen (secondary N) is 2. The van der Waals surface area contributed by atoms with Crippen LogP contribution in [0.4, 0.5) is 4.79 Å². The molecule has 7 heteroatoms. The third-order valence-corrected chi connectivity index (χ3v) is 3.46. The van der Waals surface area contributed by atoms with Gasteiger partial charge in [0.15, 0.2) is 0 Å². The number of hydrazine groups is 1. The second-order valence-electron chi connectivity index (χ2n) is 4.65. The van der Waals surface area contributed by atoms with Crippen LogP contribution in [0.3, 0.4) is 0 Å². The number of carbonyl (C=O) groups is 1. The van der Waals surface area contributed by atoms with E-state index in [9.17, 15) is 4.79 Å². The van der Waals surface area contributed by atoms with Crippen LogP contribution in [0.2, 0.25) is 0 Å². The fraction of sp³-hybridized carbons (Fsp3) is 0.333. The molecule has 19 heavy (non-hydrogen) atoms. The highest BCUT2D eigenvalue weighted by Gasteiger charge is 2.40. The zero-order valence-electron chi connectivity index (χ0n) is 10.4. The number of allylic oxidation sites excluding steroid dienone is 1. The summed E-state index contributed by atoms with van der Waals surface area (Å²) in [6.07, 6.45) is 5.80. The van der Waals surface area contributed by atoms with Gasteiger partial charge in [-0.2, -0.15) is 0 Å². The van der Waals surface area contributed by atoms with Gasteiger partial charge in [0, 0.05) is 17.8 Å². The highest BCUT2D eigenvalue weighted by Crippen LogP contribution is 2.29. The van der Waals surface area contributed by atoms with Crippen molar-refractivity contribution in [3.8, 4) is 0 Å². The Bertz CT molecular complexity index is 544. The van der Waals surface area contributed by atoms with Crippen LogP contribution in [0.25, 0.3) is 0 Å². The summed E-state index contributed by atoms with van der Waals surface area (Å²) >= 11 is 0. The Labute approximate surface area is 110 Å². The minimum absolute atomic E-state index is 0.0888. The number of urea groups is 1. The summed E-state index contributed by atoms with van der Waals surface area (Å²) in [7, 11) is 0. The summed E-state index contributed by atoms with van der Waals surface area (Å²) in [5.74, 6) is 5.17. The molecule has 3 aliphatic rings. The minimum atomic E-state index is -0.304. The lowest BCUT2D eigenvalue weighted by Gasteiger charge is -2.27. The quantitative estimate of drug-likeness (QED) is 0.274. The topological polar surface area (TPSA) is 109 Å². The second kappa shape index (κ2) is 4.43. The van der Waals surface area contributed by atoms with Crippen molar-refractivity contribution in [2.75, 3.05) is 19.6 Å². The molecule has 0 bridgehead atoms. The fourth-order valence-electron chi connectivity index (χ4n) is 2.38. The molecule has 1 saturated heterocycles. The Morgan fingerprint density at radius 3 is 3.11 bits per heavy atom. The predicted molar refractivity (Wildman–Crippen MR) is 72.0 cm³/mol. The number of amides is 2. The molecule has 0 aromatic carbocycles. The molecule has 0 unspecified atom stereocenters. The summed E-state index contributed by atoms with van der Waals surface area (Å²) in [6.45, 7) is 1.77. The third kappa shape index (κ3) is 2.08. The van der Waals surface area contributed by atoms with E-state index in [2.05, 4.69) is 15.7 Å². The van der Waals surface area contributed by atoms with Crippen molar-refractivity contribution in [2.45, 2.75) is 6.04 Å². The molecular weight excluding hydrogens is 244 g/mol. The van der Waals surface area contributed by atoms with Crippen LogP contribution >= 0.6 is 0 Å². The molecule has 0 aromatic rings. The molecule has 0 radical (unpaired) electrons. The maximum Gasteiger partial charge on any atom is 0.331 e. The largest absolute Gasteiger partial charge is 0.398 e. The molecule has 3 aliphatic heterocycles. The van der Waals surface area contributed by atoms with Crippen LogP contribution in [0.5, 0.6) is 0 Å². The Morgan fingerprint density at radius 1 is 1.58 bits per heavy atom. The van der Waals surface area contributed by atoms with Crippen LogP contribution in [0.1, 0.15) is 0 Å². The van der Waals surface area contributed by atoms with Crippen LogP contribution in [0, 0.1) is 0 Å². The molecule has 1 atom stereocenters. The van der Waals surface area contributed by atoms with E-state index in [0.717, 1.165) is 23.4 Å². The van der Waals surface area contributed by atoms with Gasteiger partial charge < -0.3 is 16.0 Å². The second-order valence-corrected chi connectivity index (χ2v) is 4.65. The van der Waals surface area contributed by atoms with Gasteiger partial charge >= 0.3 is 6.03 Å². The van der Waals surface area contributed by atoms with Crippen molar-refractivity contribution >= 4 is 11.7 Å². The van der Waals surface area contributed by atoms with Crippen LogP contribution in [-0.4, -0.2) is 42.3 Å². The van der Waals surface area contributed by atoms with Gasteiger partial charge in [-0.3, -0.25) is 10.4 Å². The van der Waals surface area contributed by atoms with Gasteiger partial charge in [-0.1, -0.05) is 6.08 Å². The number of aliphatic imine (C=N–C) groups is 1. The maximum atomic E-state index is 11.6. The summed E-state index contributed by atoms with van der Waals surface area (Å²) in [6, 6.07) is -0.216. The first kappa shape index (κ1) is 11.8. The number of dihydropyridines is 1. The van der Waals surface area contributed by atoms with Crippen LogP contribution in [-0.2, 0) is 0 Å². The van der Waals surface area contributed by atoms with E-state index in [1.807, 2.05) is 18.4 Å². The van der Waals surface area contributed by atoms with E-state index in [1.165, 1.54) is 0 Å². The molecule has 2 amide bonds. The zero-order chi connectivity index (χ0) is 13.4. The van der Waals surface area contributed by atoms with Crippen molar-refractivity contribution in [2.24, 2.45) is 16.6 Å². The molecule has 1 fully saturated rings. The smallest absolute Gasteiger partial charge is 0.331 e. The molecule has 3 heterocycles. The lowest BCUT2D eigenvalue weighted by Crippen LogP contribution is -2.49. The predicted octanol–water partition coefficient (Wildman–Crippen LogP) is -1.04. The number of hydrogen-bond donors (Lipinski definition) is 4. The number of rotatable bonds is 1.